The van der Waals surface area contributed by atoms with Gasteiger partial charge in [-0.05, 0) is 68.2 Å². The summed E-state index contributed by atoms with van der Waals surface area (Å²) in [6.07, 6.45) is 3.55. The lowest BCUT2D eigenvalue weighted by molar-refractivity contribution is 0.0980. The normalized spacial score (nSPS) is 26.1. The zero-order valence-corrected chi connectivity index (χ0v) is 17.5. The van der Waals surface area contributed by atoms with E-state index in [1.165, 1.54) is 30.5 Å². The van der Waals surface area contributed by atoms with Crippen LogP contribution in [0, 0.1) is 5.82 Å². The molecule has 0 radical (unpaired) electrons. The first-order chi connectivity index (χ1) is 15.1. The van der Waals surface area contributed by atoms with Gasteiger partial charge in [0, 0.05) is 47.7 Å². The van der Waals surface area contributed by atoms with Crippen molar-refractivity contribution in [3.63, 3.8) is 0 Å². The summed E-state index contributed by atoms with van der Waals surface area (Å²) in [7, 11) is 0. The average Bonchev–Trinajstić information content (AvgIpc) is 3.50. The summed E-state index contributed by atoms with van der Waals surface area (Å²) < 4.78 is 13.6. The first-order valence-electron chi connectivity index (χ1n) is 11.3. The molecule has 3 aromatic rings. The molecule has 2 saturated heterocycles. The summed E-state index contributed by atoms with van der Waals surface area (Å²) in [6.45, 7) is 4.96. The van der Waals surface area contributed by atoms with E-state index in [1.807, 2.05) is 11.0 Å². The number of carbonyl (C=O) groups excluding carboxylic acids is 1. The quantitative estimate of drug-likeness (QED) is 0.668. The van der Waals surface area contributed by atoms with Crippen molar-refractivity contribution < 1.29 is 9.18 Å². The number of amides is 1. The molecule has 160 valence electrons. The lowest BCUT2D eigenvalue weighted by Crippen LogP contribution is -2.47. The molecule has 3 aliphatic heterocycles. The van der Waals surface area contributed by atoms with Crippen LogP contribution in [-0.4, -0.2) is 54.6 Å². The Balaban J connectivity index is 1.32. The van der Waals surface area contributed by atoms with Crippen molar-refractivity contribution in [2.24, 2.45) is 0 Å². The highest BCUT2D eigenvalue weighted by Gasteiger charge is 2.49. The minimum atomic E-state index is -0.292. The number of piperidine rings is 1. The third kappa shape index (κ3) is 3.08. The molecule has 3 aliphatic rings. The fourth-order valence-electron chi connectivity index (χ4n) is 5.89. The lowest BCUT2D eigenvalue weighted by Gasteiger charge is -2.33. The molecule has 1 amide bonds. The second-order valence-corrected chi connectivity index (χ2v) is 9.32. The van der Waals surface area contributed by atoms with Crippen LogP contribution in [0.15, 0.2) is 48.5 Å². The first kappa shape index (κ1) is 19.0. The van der Waals surface area contributed by atoms with E-state index in [-0.39, 0.29) is 17.1 Å². The number of likely N-dealkylation sites (tertiary alicyclic amines) is 1. The molecule has 2 fully saturated rings. The van der Waals surface area contributed by atoms with Gasteiger partial charge in [-0.2, -0.15) is 0 Å². The molecule has 2 atom stereocenters. The highest BCUT2D eigenvalue weighted by atomic mass is 19.1. The highest BCUT2D eigenvalue weighted by molar-refractivity contribution is 6.09. The zero-order valence-electron chi connectivity index (χ0n) is 17.5. The number of hydrogen-bond donors (Lipinski definition) is 2. The summed E-state index contributed by atoms with van der Waals surface area (Å²) >= 11 is 0. The maximum absolute atomic E-state index is 13.6. The average molecular weight is 419 g/mol. The molecule has 31 heavy (non-hydrogen) atoms. The van der Waals surface area contributed by atoms with Crippen molar-refractivity contribution in [1.29, 1.82) is 0 Å². The number of aromatic amines is 1. The molecule has 0 aliphatic carbocycles. The van der Waals surface area contributed by atoms with E-state index < -0.39 is 0 Å². The molecule has 0 saturated carbocycles. The number of nitrogens with zero attached hydrogens (tertiary/aromatic N) is 2. The van der Waals surface area contributed by atoms with Crippen molar-refractivity contribution in [1.82, 2.24) is 15.2 Å². The lowest BCUT2D eigenvalue weighted by atomic mass is 9.81. The number of anilines is 1. The second-order valence-electron chi connectivity index (χ2n) is 9.32. The molecule has 5 nitrogen and oxygen atoms in total. The molecule has 4 heterocycles. The predicted molar refractivity (Wildman–Crippen MR) is 120 cm³/mol. The van der Waals surface area contributed by atoms with E-state index in [1.54, 1.807) is 12.1 Å². The van der Waals surface area contributed by atoms with E-state index in [4.69, 9.17) is 0 Å². The Morgan fingerprint density at radius 3 is 2.90 bits per heavy atom. The zero-order chi connectivity index (χ0) is 21.0. The van der Waals surface area contributed by atoms with Crippen LogP contribution in [0.3, 0.4) is 0 Å². The van der Waals surface area contributed by atoms with E-state index in [0.717, 1.165) is 49.2 Å². The summed E-state index contributed by atoms with van der Waals surface area (Å²) in [5.74, 6) is -0.335. The van der Waals surface area contributed by atoms with Crippen LogP contribution < -0.4 is 10.2 Å². The second kappa shape index (κ2) is 7.18. The Bertz CT molecular complexity index is 1150. The molecule has 1 aromatic heterocycles. The summed E-state index contributed by atoms with van der Waals surface area (Å²) in [5.41, 5.74) is 3.59. The van der Waals surface area contributed by atoms with Crippen LogP contribution in [0.2, 0.25) is 0 Å². The number of nitrogens with one attached hydrogen (secondary N) is 2. The third-order valence-electron chi connectivity index (χ3n) is 7.46. The van der Waals surface area contributed by atoms with Crippen LogP contribution in [0.4, 0.5) is 10.1 Å². The Kier molecular flexibility index (Phi) is 4.40. The maximum Gasteiger partial charge on any atom is 0.274 e. The number of benzene rings is 2. The number of halogens is 1. The van der Waals surface area contributed by atoms with Gasteiger partial charge in [-0.3, -0.25) is 9.69 Å². The van der Waals surface area contributed by atoms with Gasteiger partial charge < -0.3 is 15.2 Å². The van der Waals surface area contributed by atoms with Gasteiger partial charge in [-0.15, -0.1) is 0 Å². The van der Waals surface area contributed by atoms with Crippen molar-refractivity contribution in [2.75, 3.05) is 37.6 Å². The number of H-pyrrole nitrogens is 1. The fraction of sp³-hybridized carbons (Fsp3) is 0.400. The van der Waals surface area contributed by atoms with Gasteiger partial charge in [0.2, 0.25) is 0 Å². The molecule has 2 N–H and O–H groups in total. The van der Waals surface area contributed by atoms with Gasteiger partial charge in [0.15, 0.2) is 0 Å². The van der Waals surface area contributed by atoms with Crippen LogP contribution in [0.1, 0.15) is 35.3 Å². The van der Waals surface area contributed by atoms with Crippen molar-refractivity contribution in [2.45, 2.75) is 30.7 Å². The summed E-state index contributed by atoms with van der Waals surface area (Å²) in [5, 5.41) is 4.26. The van der Waals surface area contributed by atoms with Crippen LogP contribution in [0.25, 0.3) is 10.9 Å². The molecule has 1 spiro atoms. The predicted octanol–water partition coefficient (Wildman–Crippen LogP) is 3.66. The summed E-state index contributed by atoms with van der Waals surface area (Å²) in [4.78, 5) is 21.3. The largest absolute Gasteiger partial charge is 0.351 e. The molecule has 0 unspecified atom stereocenters. The van der Waals surface area contributed by atoms with Gasteiger partial charge in [0.05, 0.1) is 0 Å². The highest BCUT2D eigenvalue weighted by Crippen LogP contribution is 2.47. The summed E-state index contributed by atoms with van der Waals surface area (Å²) in [6, 6.07) is 15.3. The van der Waals surface area contributed by atoms with Crippen LogP contribution >= 0.6 is 0 Å². The topological polar surface area (TPSA) is 51.4 Å². The number of fused-ring (bicyclic) bond motifs is 3. The van der Waals surface area contributed by atoms with Crippen molar-refractivity contribution >= 4 is 22.5 Å². The van der Waals surface area contributed by atoms with Gasteiger partial charge in [-0.25, -0.2) is 4.39 Å². The standard InChI is InChI=1S/C25H27FN4O/c26-18-7-8-21-17(12-18)13-22(28-21)24(31)30-16-25(20-5-1-2-6-23(20)30)9-11-29(15-25)19-4-3-10-27-14-19/h1-2,5-8,12-13,19,27-28H,3-4,9-11,14-16H2/t19-,25-/m1/s1. The molecular weight excluding hydrogens is 391 g/mol. The van der Waals surface area contributed by atoms with Gasteiger partial charge in [0.1, 0.15) is 11.5 Å². The minimum absolute atomic E-state index is 0.0121. The monoisotopic (exact) mass is 418 g/mol. The number of carbonyl (C=O) groups is 1. The smallest absolute Gasteiger partial charge is 0.274 e. The first-order valence-corrected chi connectivity index (χ1v) is 11.3. The Hall–Kier alpha value is -2.70. The Morgan fingerprint density at radius 1 is 1.13 bits per heavy atom. The SMILES string of the molecule is O=C(c1cc2cc(F)ccc2[nH]1)N1C[C@]2(CCN([C@@H]3CCCNC3)C2)c2ccccc21. The van der Waals surface area contributed by atoms with Crippen LogP contribution in [0.5, 0.6) is 0 Å². The molecule has 2 aromatic carbocycles. The number of aromatic nitrogens is 1. The van der Waals surface area contributed by atoms with Gasteiger partial charge >= 0.3 is 0 Å². The van der Waals surface area contributed by atoms with E-state index in [2.05, 4.69) is 33.4 Å². The minimum Gasteiger partial charge on any atom is -0.351 e. The van der Waals surface area contributed by atoms with Gasteiger partial charge in [0.25, 0.3) is 5.91 Å². The molecule has 6 rings (SSSR count). The molecular formula is C25H27FN4O. The van der Waals surface area contributed by atoms with Crippen LogP contribution in [-0.2, 0) is 5.41 Å². The molecule has 6 heteroatoms. The van der Waals surface area contributed by atoms with Crippen molar-refractivity contribution in [3.05, 3.63) is 65.6 Å². The number of hydrogen-bond acceptors (Lipinski definition) is 3. The fourth-order valence-corrected chi connectivity index (χ4v) is 5.89. The Labute approximate surface area is 181 Å². The maximum atomic E-state index is 13.6. The molecule has 0 bridgehead atoms. The van der Waals surface area contributed by atoms with Crippen molar-refractivity contribution in [3.8, 4) is 0 Å². The van der Waals surface area contributed by atoms with Gasteiger partial charge in [-0.1, -0.05) is 18.2 Å². The third-order valence-corrected chi connectivity index (χ3v) is 7.46. The van der Waals surface area contributed by atoms with E-state index in [9.17, 15) is 9.18 Å². The number of para-hydroxylation sites is 1. The Morgan fingerprint density at radius 2 is 2.03 bits per heavy atom. The number of rotatable bonds is 2. The van der Waals surface area contributed by atoms with E-state index in [0.29, 0.717) is 18.3 Å². The van der Waals surface area contributed by atoms with E-state index >= 15 is 0 Å².